The van der Waals surface area contributed by atoms with E-state index >= 15 is 0 Å². The predicted molar refractivity (Wildman–Crippen MR) is 105 cm³/mol. The summed E-state index contributed by atoms with van der Waals surface area (Å²) in [4.78, 5) is 27.9. The van der Waals surface area contributed by atoms with Crippen molar-refractivity contribution in [1.29, 1.82) is 0 Å². The van der Waals surface area contributed by atoms with E-state index in [4.69, 9.17) is 4.52 Å². The van der Waals surface area contributed by atoms with Gasteiger partial charge >= 0.3 is 0 Å². The number of carbonyl (C=O) groups excluding carboxylic acids is 2. The van der Waals surface area contributed by atoms with Crippen molar-refractivity contribution in [1.82, 2.24) is 5.16 Å². The van der Waals surface area contributed by atoms with Crippen molar-refractivity contribution in [2.24, 2.45) is 5.92 Å². The molecule has 1 N–H and O–H groups in total. The molecule has 1 fully saturated rings. The van der Waals surface area contributed by atoms with E-state index in [-0.39, 0.29) is 18.4 Å². The first-order chi connectivity index (χ1) is 12.9. The maximum atomic E-state index is 12.4. The van der Waals surface area contributed by atoms with E-state index in [9.17, 15) is 9.59 Å². The minimum atomic E-state index is -0.287. The van der Waals surface area contributed by atoms with Gasteiger partial charge in [0.25, 0.3) is 0 Å². The van der Waals surface area contributed by atoms with Crippen LogP contribution in [0.15, 0.2) is 34.9 Å². The molecule has 0 atom stereocenters. The molecule has 0 radical (unpaired) electrons. The lowest BCUT2D eigenvalue weighted by Gasteiger charge is -2.32. The van der Waals surface area contributed by atoms with Crippen LogP contribution in [0.1, 0.15) is 32.4 Å². The Bertz CT molecular complexity index is 792. The molecule has 1 aliphatic rings. The number of nitrogens with one attached hydrogen (secondary N) is 1. The van der Waals surface area contributed by atoms with Gasteiger partial charge in [-0.05, 0) is 49.9 Å². The molecule has 0 bridgehead atoms. The molecule has 1 aromatic carbocycles. The van der Waals surface area contributed by atoms with Gasteiger partial charge in [-0.25, -0.2) is 0 Å². The van der Waals surface area contributed by atoms with Crippen LogP contribution in [0.5, 0.6) is 0 Å². The zero-order valence-electron chi connectivity index (χ0n) is 16.1. The molecular weight excluding hydrogens is 344 g/mol. The highest BCUT2D eigenvalue weighted by Crippen LogP contribution is 2.24. The number of amides is 2. The number of rotatable bonds is 5. The van der Waals surface area contributed by atoms with Gasteiger partial charge in [-0.15, -0.1) is 0 Å². The molecule has 0 aliphatic carbocycles. The summed E-state index contributed by atoms with van der Waals surface area (Å²) in [5, 5.41) is 6.64. The number of carbonyl (C=O) groups is 2. The fourth-order valence-corrected chi connectivity index (χ4v) is 3.20. The maximum absolute atomic E-state index is 12.4. The zero-order valence-corrected chi connectivity index (χ0v) is 16.1. The van der Waals surface area contributed by atoms with Crippen LogP contribution in [-0.2, 0) is 9.59 Å². The van der Waals surface area contributed by atoms with Crippen LogP contribution in [0, 0.1) is 12.8 Å². The van der Waals surface area contributed by atoms with E-state index in [1.54, 1.807) is 13.0 Å². The van der Waals surface area contributed by atoms with Crippen LogP contribution in [0.2, 0.25) is 0 Å². The Morgan fingerprint density at radius 1 is 1.26 bits per heavy atom. The van der Waals surface area contributed by atoms with Gasteiger partial charge in [0.2, 0.25) is 11.8 Å². The van der Waals surface area contributed by atoms with Crippen molar-refractivity contribution in [2.45, 2.75) is 33.6 Å². The molecule has 1 aromatic heterocycles. The van der Waals surface area contributed by atoms with E-state index < -0.39 is 0 Å². The third-order valence-electron chi connectivity index (χ3n) is 4.87. The highest BCUT2D eigenvalue weighted by Gasteiger charge is 2.19. The van der Waals surface area contributed by atoms with Gasteiger partial charge < -0.3 is 14.7 Å². The number of anilines is 3. The van der Waals surface area contributed by atoms with Gasteiger partial charge in [0, 0.05) is 37.5 Å². The van der Waals surface area contributed by atoms with Crippen molar-refractivity contribution >= 4 is 29.0 Å². The third-order valence-corrected chi connectivity index (χ3v) is 4.87. The molecule has 144 valence electrons. The number of aromatic nitrogens is 1. The van der Waals surface area contributed by atoms with Crippen molar-refractivity contribution in [3.05, 3.63) is 36.1 Å². The molecule has 7 heteroatoms. The van der Waals surface area contributed by atoms with Crippen LogP contribution in [0.4, 0.5) is 17.2 Å². The zero-order chi connectivity index (χ0) is 19.4. The highest BCUT2D eigenvalue weighted by molar-refractivity contribution is 6.01. The van der Waals surface area contributed by atoms with Gasteiger partial charge in [-0.1, -0.05) is 12.1 Å². The second-order valence-corrected chi connectivity index (χ2v) is 7.17. The standard InChI is InChI=1S/C20H26N4O3/c1-14-8-10-23(11-9-14)18-6-4-17(5-7-18)21-20(26)13-24(16(3)25)19-12-15(2)27-22-19/h4-7,12,14H,8-11,13H2,1-3H3,(H,21,26). The molecular formula is C20H26N4O3. The molecule has 7 nitrogen and oxygen atoms in total. The Morgan fingerprint density at radius 2 is 1.93 bits per heavy atom. The molecule has 27 heavy (non-hydrogen) atoms. The fourth-order valence-electron chi connectivity index (χ4n) is 3.20. The molecule has 0 unspecified atom stereocenters. The number of aryl methyl sites for hydroxylation is 1. The minimum Gasteiger partial charge on any atom is -0.372 e. The maximum Gasteiger partial charge on any atom is 0.244 e. The van der Waals surface area contributed by atoms with Crippen LogP contribution in [-0.4, -0.2) is 36.6 Å². The van der Waals surface area contributed by atoms with E-state index in [0.717, 1.165) is 19.0 Å². The second kappa shape index (κ2) is 8.24. The lowest BCUT2D eigenvalue weighted by atomic mass is 9.99. The SMILES string of the molecule is CC(=O)N(CC(=O)Nc1ccc(N2CCC(C)CC2)cc1)c1cc(C)on1. The summed E-state index contributed by atoms with van der Waals surface area (Å²) in [5.41, 5.74) is 1.87. The molecule has 2 amide bonds. The average Bonchev–Trinajstić information content (AvgIpc) is 3.07. The fraction of sp³-hybridized carbons (Fsp3) is 0.450. The molecule has 1 aliphatic heterocycles. The minimum absolute atomic E-state index is 0.118. The van der Waals surface area contributed by atoms with Gasteiger partial charge in [-0.2, -0.15) is 0 Å². The summed E-state index contributed by atoms with van der Waals surface area (Å²) in [7, 11) is 0. The first-order valence-electron chi connectivity index (χ1n) is 9.28. The van der Waals surface area contributed by atoms with E-state index in [2.05, 4.69) is 22.3 Å². The lowest BCUT2D eigenvalue weighted by molar-refractivity contribution is -0.120. The van der Waals surface area contributed by atoms with E-state index in [1.165, 1.54) is 30.4 Å². The third kappa shape index (κ3) is 4.87. The normalized spacial score (nSPS) is 14.9. The summed E-state index contributed by atoms with van der Waals surface area (Å²) in [6, 6.07) is 9.46. The molecule has 2 aromatic rings. The van der Waals surface area contributed by atoms with Crippen LogP contribution >= 0.6 is 0 Å². The van der Waals surface area contributed by atoms with Crippen molar-refractivity contribution in [2.75, 3.05) is 34.8 Å². The summed E-state index contributed by atoms with van der Waals surface area (Å²) in [6.07, 6.45) is 2.42. The largest absolute Gasteiger partial charge is 0.372 e. The van der Waals surface area contributed by atoms with E-state index in [1.807, 2.05) is 24.3 Å². The lowest BCUT2D eigenvalue weighted by Crippen LogP contribution is -2.37. The summed E-state index contributed by atoms with van der Waals surface area (Å²) >= 11 is 0. The molecule has 2 heterocycles. The monoisotopic (exact) mass is 370 g/mol. The number of piperidine rings is 1. The topological polar surface area (TPSA) is 78.7 Å². The molecule has 3 rings (SSSR count). The van der Waals surface area contributed by atoms with Crippen LogP contribution in [0.3, 0.4) is 0 Å². The Morgan fingerprint density at radius 3 is 2.48 bits per heavy atom. The number of hydrogen-bond acceptors (Lipinski definition) is 5. The van der Waals surface area contributed by atoms with Crippen molar-refractivity contribution in [3.63, 3.8) is 0 Å². The molecule has 1 saturated heterocycles. The Kier molecular flexibility index (Phi) is 5.78. The predicted octanol–water partition coefficient (Wildman–Crippen LogP) is 3.21. The van der Waals surface area contributed by atoms with Crippen molar-refractivity contribution < 1.29 is 14.1 Å². The smallest absolute Gasteiger partial charge is 0.244 e. The molecule has 0 saturated carbocycles. The Hall–Kier alpha value is -2.83. The second-order valence-electron chi connectivity index (χ2n) is 7.17. The first kappa shape index (κ1) is 18.9. The molecule has 0 spiro atoms. The number of hydrogen-bond donors (Lipinski definition) is 1. The highest BCUT2D eigenvalue weighted by atomic mass is 16.5. The van der Waals surface area contributed by atoms with E-state index in [0.29, 0.717) is 17.3 Å². The van der Waals surface area contributed by atoms with Gasteiger partial charge in [-0.3, -0.25) is 14.5 Å². The van der Waals surface area contributed by atoms with Gasteiger partial charge in [0.15, 0.2) is 5.82 Å². The average molecular weight is 370 g/mol. The number of nitrogens with zero attached hydrogens (tertiary/aromatic N) is 3. The Labute approximate surface area is 159 Å². The summed E-state index contributed by atoms with van der Waals surface area (Å²) in [5.74, 6) is 1.15. The summed E-state index contributed by atoms with van der Waals surface area (Å²) < 4.78 is 4.99. The van der Waals surface area contributed by atoms with Gasteiger partial charge in [0.05, 0.1) is 0 Å². The summed E-state index contributed by atoms with van der Waals surface area (Å²) in [6.45, 7) is 7.44. The van der Waals surface area contributed by atoms with Gasteiger partial charge in [0.1, 0.15) is 12.3 Å². The Balaban J connectivity index is 1.59. The number of benzene rings is 1. The van der Waals surface area contributed by atoms with Crippen LogP contribution in [0.25, 0.3) is 0 Å². The van der Waals surface area contributed by atoms with Crippen LogP contribution < -0.4 is 15.1 Å². The van der Waals surface area contributed by atoms with Crippen molar-refractivity contribution in [3.8, 4) is 0 Å². The quantitative estimate of drug-likeness (QED) is 0.874. The first-order valence-corrected chi connectivity index (χ1v) is 9.28.